The summed E-state index contributed by atoms with van der Waals surface area (Å²) in [6.45, 7) is 8.56. The lowest BCUT2D eigenvalue weighted by atomic mass is 10.0. The molecule has 1 aliphatic rings. The van der Waals surface area contributed by atoms with E-state index in [1.54, 1.807) is 0 Å². The predicted octanol–water partition coefficient (Wildman–Crippen LogP) is 1.66. The molecule has 1 saturated heterocycles. The minimum atomic E-state index is -0.175. The van der Waals surface area contributed by atoms with Crippen molar-refractivity contribution in [1.29, 1.82) is 0 Å². The summed E-state index contributed by atoms with van der Waals surface area (Å²) in [5, 5.41) is 3.28. The number of rotatable bonds is 3. The van der Waals surface area contributed by atoms with E-state index >= 15 is 0 Å². The van der Waals surface area contributed by atoms with Gasteiger partial charge >= 0.3 is 0 Å². The van der Waals surface area contributed by atoms with Crippen LogP contribution in [-0.4, -0.2) is 42.1 Å². The van der Waals surface area contributed by atoms with Gasteiger partial charge in [-0.15, -0.1) is 0 Å². The molecule has 4 nitrogen and oxygen atoms in total. The number of aromatic nitrogens is 2. The molecular weight excluding hydrogens is 224 g/mol. The molecule has 1 fully saturated rings. The molecule has 0 amide bonds. The lowest BCUT2D eigenvalue weighted by Crippen LogP contribution is -2.35. The zero-order chi connectivity index (χ0) is 13.3. The van der Waals surface area contributed by atoms with E-state index in [9.17, 15) is 0 Å². The third-order valence-electron chi connectivity index (χ3n) is 3.87. The minimum Gasteiger partial charge on any atom is -0.308 e. The van der Waals surface area contributed by atoms with Crippen molar-refractivity contribution in [2.75, 3.05) is 27.2 Å². The first-order valence-corrected chi connectivity index (χ1v) is 6.66. The van der Waals surface area contributed by atoms with Crippen LogP contribution in [0.1, 0.15) is 43.4 Å². The molecule has 1 aromatic rings. The van der Waals surface area contributed by atoms with Crippen molar-refractivity contribution < 1.29 is 0 Å². The fourth-order valence-corrected chi connectivity index (χ4v) is 2.37. The summed E-state index contributed by atoms with van der Waals surface area (Å²) < 4.78 is 0. The van der Waals surface area contributed by atoms with Crippen molar-refractivity contribution in [3.63, 3.8) is 0 Å². The molecule has 0 radical (unpaired) electrons. The maximum absolute atomic E-state index is 4.79. The Hall–Kier alpha value is -1.00. The van der Waals surface area contributed by atoms with Gasteiger partial charge in [0.15, 0.2) is 0 Å². The molecule has 1 unspecified atom stereocenters. The maximum atomic E-state index is 4.79. The van der Waals surface area contributed by atoms with Gasteiger partial charge in [-0.1, -0.05) is 0 Å². The molecule has 2 rings (SSSR count). The summed E-state index contributed by atoms with van der Waals surface area (Å²) >= 11 is 0. The van der Waals surface area contributed by atoms with Crippen molar-refractivity contribution in [2.45, 2.75) is 38.6 Å². The van der Waals surface area contributed by atoms with E-state index < -0.39 is 0 Å². The number of likely N-dealkylation sites (tertiary alicyclic amines) is 1. The van der Waals surface area contributed by atoms with Gasteiger partial charge in [0.05, 0.1) is 5.54 Å². The molecule has 1 aliphatic heterocycles. The second-order valence-corrected chi connectivity index (χ2v) is 5.88. The Balaban J connectivity index is 2.32. The molecule has 1 aromatic heterocycles. The van der Waals surface area contributed by atoms with Crippen molar-refractivity contribution >= 4 is 0 Å². The van der Waals surface area contributed by atoms with E-state index in [1.165, 1.54) is 18.7 Å². The third-order valence-corrected chi connectivity index (χ3v) is 3.87. The summed E-state index contributed by atoms with van der Waals surface area (Å²) in [5.74, 6) is 1.46. The average Bonchev–Trinajstić information content (AvgIpc) is 2.75. The van der Waals surface area contributed by atoms with E-state index in [0.717, 1.165) is 18.1 Å². The number of nitrogens with one attached hydrogen (secondary N) is 1. The predicted molar refractivity (Wildman–Crippen MR) is 73.7 cm³/mol. The fraction of sp³-hybridized carbons (Fsp3) is 0.714. The summed E-state index contributed by atoms with van der Waals surface area (Å²) in [7, 11) is 4.13. The number of nitrogens with zero attached hydrogens (tertiary/aromatic N) is 3. The van der Waals surface area contributed by atoms with Crippen LogP contribution in [0.4, 0.5) is 0 Å². The normalized spacial score (nSPS) is 21.5. The Morgan fingerprint density at radius 3 is 2.67 bits per heavy atom. The SMILES string of the molecule is CNC(C)(C)c1nc(C)cc(C2CCN(C)C2)n1. The largest absolute Gasteiger partial charge is 0.308 e. The highest BCUT2D eigenvalue weighted by atomic mass is 15.1. The van der Waals surface area contributed by atoms with Crippen LogP contribution >= 0.6 is 0 Å². The highest BCUT2D eigenvalue weighted by Crippen LogP contribution is 2.26. The molecule has 4 heteroatoms. The first kappa shape index (κ1) is 13.4. The van der Waals surface area contributed by atoms with Gasteiger partial charge in [0, 0.05) is 23.9 Å². The van der Waals surface area contributed by atoms with Crippen LogP contribution in [0.2, 0.25) is 0 Å². The second-order valence-electron chi connectivity index (χ2n) is 5.88. The summed E-state index contributed by atoms with van der Waals surface area (Å²) in [4.78, 5) is 11.7. The minimum absolute atomic E-state index is 0.175. The highest BCUT2D eigenvalue weighted by molar-refractivity contribution is 5.18. The topological polar surface area (TPSA) is 41.1 Å². The van der Waals surface area contributed by atoms with Crippen molar-refractivity contribution in [1.82, 2.24) is 20.2 Å². The smallest absolute Gasteiger partial charge is 0.148 e. The van der Waals surface area contributed by atoms with Gasteiger partial charge < -0.3 is 10.2 Å². The molecule has 1 N–H and O–H groups in total. The molecule has 0 aromatic carbocycles. The van der Waals surface area contributed by atoms with Gasteiger partial charge in [-0.25, -0.2) is 9.97 Å². The van der Waals surface area contributed by atoms with Crippen LogP contribution in [0.5, 0.6) is 0 Å². The lowest BCUT2D eigenvalue weighted by Gasteiger charge is -2.24. The lowest BCUT2D eigenvalue weighted by molar-refractivity contribution is 0.403. The molecule has 0 aliphatic carbocycles. The fourth-order valence-electron chi connectivity index (χ4n) is 2.37. The van der Waals surface area contributed by atoms with E-state index in [2.05, 4.69) is 49.1 Å². The Morgan fingerprint density at radius 2 is 2.11 bits per heavy atom. The molecule has 18 heavy (non-hydrogen) atoms. The highest BCUT2D eigenvalue weighted by Gasteiger charge is 2.26. The van der Waals surface area contributed by atoms with E-state index in [-0.39, 0.29) is 5.54 Å². The molecule has 0 bridgehead atoms. The van der Waals surface area contributed by atoms with E-state index in [1.807, 2.05) is 7.05 Å². The Bertz CT molecular complexity index is 428. The number of hydrogen-bond acceptors (Lipinski definition) is 4. The number of hydrogen-bond donors (Lipinski definition) is 1. The van der Waals surface area contributed by atoms with Crippen LogP contribution in [0.3, 0.4) is 0 Å². The van der Waals surface area contributed by atoms with Crippen molar-refractivity contribution in [2.24, 2.45) is 0 Å². The monoisotopic (exact) mass is 248 g/mol. The van der Waals surface area contributed by atoms with Gasteiger partial charge in [0.1, 0.15) is 5.82 Å². The van der Waals surface area contributed by atoms with Gasteiger partial charge in [0.2, 0.25) is 0 Å². The zero-order valence-electron chi connectivity index (χ0n) is 12.1. The van der Waals surface area contributed by atoms with Crippen LogP contribution < -0.4 is 5.32 Å². The first-order valence-electron chi connectivity index (χ1n) is 6.66. The summed E-state index contributed by atoms with van der Waals surface area (Å²) in [6.07, 6.45) is 1.20. The second kappa shape index (κ2) is 4.94. The van der Waals surface area contributed by atoms with Gasteiger partial charge in [-0.2, -0.15) is 0 Å². The molecule has 1 atom stereocenters. The molecule has 0 saturated carbocycles. The molecule has 0 spiro atoms. The quantitative estimate of drug-likeness (QED) is 0.883. The third kappa shape index (κ3) is 2.70. The van der Waals surface area contributed by atoms with Crippen LogP contribution in [-0.2, 0) is 5.54 Å². The van der Waals surface area contributed by atoms with Crippen LogP contribution in [0.25, 0.3) is 0 Å². The zero-order valence-corrected chi connectivity index (χ0v) is 12.1. The van der Waals surface area contributed by atoms with E-state index in [0.29, 0.717) is 5.92 Å². The van der Waals surface area contributed by atoms with Crippen molar-refractivity contribution in [3.05, 3.63) is 23.3 Å². The van der Waals surface area contributed by atoms with Gasteiger partial charge in [-0.05, 0) is 53.9 Å². The summed E-state index contributed by atoms with van der Waals surface area (Å²) in [6, 6.07) is 2.14. The van der Waals surface area contributed by atoms with E-state index in [4.69, 9.17) is 4.98 Å². The average molecular weight is 248 g/mol. The molecule has 100 valence electrons. The van der Waals surface area contributed by atoms with Gasteiger partial charge in [0.25, 0.3) is 0 Å². The number of likely N-dealkylation sites (N-methyl/N-ethyl adjacent to an activating group) is 1. The Kier molecular flexibility index (Phi) is 3.69. The molecular formula is C14H24N4. The Morgan fingerprint density at radius 1 is 1.39 bits per heavy atom. The number of aryl methyl sites for hydroxylation is 1. The van der Waals surface area contributed by atoms with Crippen molar-refractivity contribution in [3.8, 4) is 0 Å². The van der Waals surface area contributed by atoms with Gasteiger partial charge in [-0.3, -0.25) is 0 Å². The molecule has 2 heterocycles. The Labute approximate surface area is 110 Å². The first-order chi connectivity index (χ1) is 8.42. The van der Waals surface area contributed by atoms with Crippen LogP contribution in [0, 0.1) is 6.92 Å². The maximum Gasteiger partial charge on any atom is 0.148 e. The standard InChI is InChI=1S/C14H24N4/c1-10-8-12(11-6-7-18(5)9-11)17-13(16-10)14(2,3)15-4/h8,11,15H,6-7,9H2,1-5H3. The summed E-state index contributed by atoms with van der Waals surface area (Å²) in [5.41, 5.74) is 2.09. The van der Waals surface area contributed by atoms with Crippen LogP contribution in [0.15, 0.2) is 6.07 Å².